The van der Waals surface area contributed by atoms with Gasteiger partial charge in [0.05, 0.1) is 19.1 Å². The van der Waals surface area contributed by atoms with Crippen molar-refractivity contribution >= 4 is 11.9 Å². The van der Waals surface area contributed by atoms with Gasteiger partial charge in [-0.2, -0.15) is 0 Å². The molecule has 0 unspecified atom stereocenters. The molecule has 0 spiro atoms. The second kappa shape index (κ2) is 7.51. The van der Waals surface area contributed by atoms with Gasteiger partial charge in [-0.1, -0.05) is 5.11 Å². The van der Waals surface area contributed by atoms with E-state index in [2.05, 4.69) is 10.0 Å². The molecule has 1 aromatic rings. The lowest BCUT2D eigenvalue weighted by atomic mass is 9.97. The average molecular weight is 306 g/mol. The second-order valence-electron chi connectivity index (χ2n) is 4.97. The van der Waals surface area contributed by atoms with Crippen LogP contribution in [-0.4, -0.2) is 36.5 Å². The standard InChI is InChI=1S/C14H18N4O4/c1-2-21-14(20)10-5-7-18(8-6-10)13(19)12-4-3-11(22-12)9-16-17-15/h3-4,10H,2,5-9H2,1H3. The Labute approximate surface area is 127 Å². The van der Waals surface area contributed by atoms with Crippen molar-refractivity contribution in [3.8, 4) is 0 Å². The molecule has 0 aromatic carbocycles. The summed E-state index contributed by atoms with van der Waals surface area (Å²) in [5, 5.41) is 3.38. The molecule has 118 valence electrons. The van der Waals surface area contributed by atoms with Crippen LogP contribution < -0.4 is 0 Å². The molecule has 8 nitrogen and oxygen atoms in total. The van der Waals surface area contributed by atoms with Crippen molar-refractivity contribution in [1.82, 2.24) is 4.90 Å². The minimum Gasteiger partial charge on any atom is -0.466 e. The fraction of sp³-hybridized carbons (Fsp3) is 0.571. The predicted molar refractivity (Wildman–Crippen MR) is 76.8 cm³/mol. The maximum Gasteiger partial charge on any atom is 0.309 e. The van der Waals surface area contributed by atoms with Crippen molar-refractivity contribution in [2.75, 3.05) is 19.7 Å². The Morgan fingerprint density at radius 3 is 2.82 bits per heavy atom. The SMILES string of the molecule is CCOC(=O)C1CCN(C(=O)c2ccc(CN=[N+]=[N-])o2)CC1. The van der Waals surface area contributed by atoms with Crippen LogP contribution in [-0.2, 0) is 16.1 Å². The minimum absolute atomic E-state index is 0.0781. The molecular formula is C14H18N4O4. The highest BCUT2D eigenvalue weighted by molar-refractivity contribution is 5.91. The van der Waals surface area contributed by atoms with Gasteiger partial charge in [-0.3, -0.25) is 9.59 Å². The molecule has 1 amide bonds. The molecule has 1 aromatic heterocycles. The van der Waals surface area contributed by atoms with Crippen LogP contribution in [0.1, 0.15) is 36.1 Å². The summed E-state index contributed by atoms with van der Waals surface area (Å²) in [5.74, 6) is 0.125. The highest BCUT2D eigenvalue weighted by atomic mass is 16.5. The third kappa shape index (κ3) is 3.79. The number of esters is 1. The Kier molecular flexibility index (Phi) is 5.43. The molecular weight excluding hydrogens is 288 g/mol. The number of hydrogen-bond acceptors (Lipinski definition) is 5. The fourth-order valence-electron chi connectivity index (χ4n) is 2.41. The topological polar surface area (TPSA) is 109 Å². The number of piperidine rings is 1. The molecule has 0 N–H and O–H groups in total. The monoisotopic (exact) mass is 306 g/mol. The summed E-state index contributed by atoms with van der Waals surface area (Å²) in [7, 11) is 0. The van der Waals surface area contributed by atoms with Crippen LogP contribution in [0.15, 0.2) is 21.7 Å². The lowest BCUT2D eigenvalue weighted by Gasteiger charge is -2.30. The minimum atomic E-state index is -0.213. The molecule has 1 saturated heterocycles. The summed E-state index contributed by atoms with van der Waals surface area (Å²) in [6, 6.07) is 3.19. The van der Waals surface area contributed by atoms with E-state index in [1.165, 1.54) is 0 Å². The molecule has 2 heterocycles. The van der Waals surface area contributed by atoms with Crippen LogP contribution in [0.3, 0.4) is 0 Å². The van der Waals surface area contributed by atoms with Gasteiger partial charge in [0.2, 0.25) is 0 Å². The smallest absolute Gasteiger partial charge is 0.309 e. The van der Waals surface area contributed by atoms with Gasteiger partial charge < -0.3 is 14.1 Å². The number of azide groups is 1. The molecule has 0 aliphatic carbocycles. The molecule has 1 aliphatic rings. The third-order valence-electron chi connectivity index (χ3n) is 3.56. The first-order chi connectivity index (χ1) is 10.7. The van der Waals surface area contributed by atoms with Crippen LogP contribution in [0, 0.1) is 5.92 Å². The Morgan fingerprint density at radius 1 is 1.45 bits per heavy atom. The van der Waals surface area contributed by atoms with Crippen LogP contribution in [0.2, 0.25) is 0 Å². The first-order valence-electron chi connectivity index (χ1n) is 7.21. The quantitative estimate of drug-likeness (QED) is 0.360. The highest BCUT2D eigenvalue weighted by Gasteiger charge is 2.29. The van der Waals surface area contributed by atoms with Gasteiger partial charge in [0.15, 0.2) is 5.76 Å². The molecule has 0 bridgehead atoms. The molecule has 2 rings (SSSR count). The van der Waals surface area contributed by atoms with Crippen LogP contribution >= 0.6 is 0 Å². The van der Waals surface area contributed by atoms with Crippen molar-refractivity contribution in [3.63, 3.8) is 0 Å². The maximum atomic E-state index is 12.3. The number of likely N-dealkylation sites (tertiary alicyclic amines) is 1. The van der Waals surface area contributed by atoms with E-state index in [1.807, 2.05) is 0 Å². The van der Waals surface area contributed by atoms with Gasteiger partial charge in [-0.15, -0.1) is 0 Å². The number of rotatable bonds is 5. The molecule has 1 aliphatic heterocycles. The Bertz CT molecular complexity index is 583. The summed E-state index contributed by atoms with van der Waals surface area (Å²) in [6.07, 6.45) is 1.19. The van der Waals surface area contributed by atoms with E-state index in [4.69, 9.17) is 14.7 Å². The summed E-state index contributed by atoms with van der Waals surface area (Å²) >= 11 is 0. The predicted octanol–water partition coefficient (Wildman–Crippen LogP) is 2.51. The van der Waals surface area contributed by atoms with Crippen LogP contribution in [0.5, 0.6) is 0 Å². The molecule has 8 heteroatoms. The second-order valence-corrected chi connectivity index (χ2v) is 4.97. The largest absolute Gasteiger partial charge is 0.466 e. The average Bonchev–Trinajstić information content (AvgIpc) is 3.01. The lowest BCUT2D eigenvalue weighted by molar-refractivity contribution is -0.149. The van der Waals surface area contributed by atoms with E-state index in [1.54, 1.807) is 24.0 Å². The van der Waals surface area contributed by atoms with E-state index in [0.29, 0.717) is 38.3 Å². The Balaban J connectivity index is 1.90. The van der Waals surface area contributed by atoms with Crippen molar-refractivity contribution in [2.24, 2.45) is 11.0 Å². The van der Waals surface area contributed by atoms with Crippen molar-refractivity contribution < 1.29 is 18.7 Å². The molecule has 22 heavy (non-hydrogen) atoms. The third-order valence-corrected chi connectivity index (χ3v) is 3.56. The normalized spacial score (nSPS) is 15.2. The van der Waals surface area contributed by atoms with Gasteiger partial charge in [0, 0.05) is 18.0 Å². The number of carbonyl (C=O) groups is 2. The van der Waals surface area contributed by atoms with Gasteiger partial charge in [0.25, 0.3) is 5.91 Å². The highest BCUT2D eigenvalue weighted by Crippen LogP contribution is 2.21. The summed E-state index contributed by atoms with van der Waals surface area (Å²) in [5.41, 5.74) is 8.26. The van der Waals surface area contributed by atoms with Crippen LogP contribution in [0.25, 0.3) is 10.4 Å². The fourth-order valence-corrected chi connectivity index (χ4v) is 2.41. The van der Waals surface area contributed by atoms with Gasteiger partial charge in [-0.05, 0) is 37.4 Å². The summed E-state index contributed by atoms with van der Waals surface area (Å²) < 4.78 is 10.4. The maximum absolute atomic E-state index is 12.3. The molecule has 0 atom stereocenters. The number of carbonyl (C=O) groups excluding carboxylic acids is 2. The molecule has 1 fully saturated rings. The van der Waals surface area contributed by atoms with E-state index in [9.17, 15) is 9.59 Å². The van der Waals surface area contributed by atoms with Crippen molar-refractivity contribution in [2.45, 2.75) is 26.3 Å². The Hall–Kier alpha value is -2.47. The number of ether oxygens (including phenoxy) is 1. The van der Waals surface area contributed by atoms with E-state index in [0.717, 1.165) is 0 Å². The van der Waals surface area contributed by atoms with E-state index in [-0.39, 0.29) is 30.1 Å². The number of amides is 1. The first-order valence-corrected chi connectivity index (χ1v) is 7.21. The number of hydrogen-bond donors (Lipinski definition) is 0. The van der Waals surface area contributed by atoms with E-state index < -0.39 is 0 Å². The Morgan fingerprint density at radius 2 is 2.18 bits per heavy atom. The first kappa shape index (κ1) is 15.9. The number of furan rings is 1. The zero-order valence-corrected chi connectivity index (χ0v) is 12.4. The zero-order chi connectivity index (χ0) is 15.9. The summed E-state index contributed by atoms with van der Waals surface area (Å²) in [4.78, 5) is 28.3. The van der Waals surface area contributed by atoms with Crippen molar-refractivity contribution in [3.05, 3.63) is 34.1 Å². The summed E-state index contributed by atoms with van der Waals surface area (Å²) in [6.45, 7) is 3.22. The van der Waals surface area contributed by atoms with Gasteiger partial charge in [-0.25, -0.2) is 0 Å². The van der Waals surface area contributed by atoms with Gasteiger partial charge >= 0.3 is 5.97 Å². The van der Waals surface area contributed by atoms with Crippen molar-refractivity contribution in [1.29, 1.82) is 0 Å². The zero-order valence-electron chi connectivity index (χ0n) is 12.4. The van der Waals surface area contributed by atoms with Gasteiger partial charge in [0.1, 0.15) is 5.76 Å². The molecule has 0 saturated carbocycles. The number of nitrogens with zero attached hydrogens (tertiary/aromatic N) is 4. The van der Waals surface area contributed by atoms with Crippen LogP contribution in [0.4, 0.5) is 0 Å². The lowest BCUT2D eigenvalue weighted by Crippen LogP contribution is -2.40. The molecule has 0 radical (unpaired) electrons. The van der Waals surface area contributed by atoms with E-state index >= 15 is 0 Å².